The summed E-state index contributed by atoms with van der Waals surface area (Å²) in [6.07, 6.45) is -6.09. The van der Waals surface area contributed by atoms with E-state index in [1.54, 1.807) is 0 Å². The van der Waals surface area contributed by atoms with Crippen LogP contribution in [0.5, 0.6) is 0 Å². The minimum absolute atomic E-state index is 0.420. The maximum atomic E-state index is 10.6. The number of pyridine rings is 1. The minimum atomic E-state index is -5.08. The van der Waals surface area contributed by atoms with Crippen LogP contribution in [0, 0.1) is 18.3 Å². The Morgan fingerprint density at radius 3 is 2.22 bits per heavy atom. The first kappa shape index (κ1) is 27.6. The van der Waals surface area contributed by atoms with E-state index in [2.05, 4.69) is 16.4 Å². The van der Waals surface area contributed by atoms with E-state index in [4.69, 9.17) is 24.5 Å². The SMILES string of the molecule is Cc1cccc(COC[C@@]23CCC[C@@H]2CNC3)n1.O=C(O)C(F)(F)F.O=C(O)C(F)(F)F. The lowest BCUT2D eigenvalue weighted by molar-refractivity contribution is -0.193. The van der Waals surface area contributed by atoms with E-state index < -0.39 is 24.3 Å². The molecule has 0 unspecified atom stereocenters. The number of rotatable bonds is 4. The third kappa shape index (κ3) is 8.99. The number of carboxylic acids is 2. The van der Waals surface area contributed by atoms with Crippen LogP contribution in [-0.4, -0.2) is 59.2 Å². The van der Waals surface area contributed by atoms with E-state index in [1.807, 2.05) is 19.1 Å². The summed E-state index contributed by atoms with van der Waals surface area (Å²) in [6, 6.07) is 6.12. The van der Waals surface area contributed by atoms with Crippen LogP contribution in [0.3, 0.4) is 0 Å². The summed E-state index contributed by atoms with van der Waals surface area (Å²) in [5.41, 5.74) is 2.53. The third-order valence-electron chi connectivity index (χ3n) is 5.03. The number of hydrogen-bond acceptors (Lipinski definition) is 5. The van der Waals surface area contributed by atoms with Gasteiger partial charge in [-0.05, 0) is 44.4 Å². The number of alkyl halides is 6. The molecule has 1 aromatic heterocycles. The van der Waals surface area contributed by atoms with Gasteiger partial charge in [0.05, 0.1) is 18.9 Å². The molecule has 1 saturated carbocycles. The molecule has 182 valence electrons. The number of nitrogens with zero attached hydrogens (tertiary/aromatic N) is 1. The summed E-state index contributed by atoms with van der Waals surface area (Å²) < 4.78 is 69.4. The molecule has 0 radical (unpaired) electrons. The van der Waals surface area contributed by atoms with Crippen LogP contribution < -0.4 is 5.32 Å². The van der Waals surface area contributed by atoms with E-state index in [-0.39, 0.29) is 0 Å². The van der Waals surface area contributed by atoms with Crippen molar-refractivity contribution >= 4 is 11.9 Å². The summed E-state index contributed by atoms with van der Waals surface area (Å²) >= 11 is 0. The zero-order valence-corrected chi connectivity index (χ0v) is 17.1. The zero-order chi connectivity index (χ0) is 24.6. The van der Waals surface area contributed by atoms with Gasteiger partial charge >= 0.3 is 24.3 Å². The standard InChI is InChI=1S/C15H22N2O.2C2HF3O2/c1-12-4-2-6-14(17-12)9-18-11-15-7-3-5-13(15)8-16-10-15;2*3-2(4,5)1(6)7/h2,4,6,13,16H,3,5,7-11H2,1H3;2*(H,6,7)/t13-,15+;;/m1../s1. The number of hydrogen-bond donors (Lipinski definition) is 3. The van der Waals surface area contributed by atoms with Crippen molar-refractivity contribution < 1.29 is 50.9 Å². The van der Waals surface area contributed by atoms with Crippen molar-refractivity contribution in [1.29, 1.82) is 0 Å². The van der Waals surface area contributed by atoms with Gasteiger partial charge < -0.3 is 20.3 Å². The summed E-state index contributed by atoms with van der Waals surface area (Å²) in [5.74, 6) is -4.68. The lowest BCUT2D eigenvalue weighted by Gasteiger charge is -2.27. The van der Waals surface area contributed by atoms with Gasteiger partial charge in [-0.15, -0.1) is 0 Å². The largest absolute Gasteiger partial charge is 0.490 e. The van der Waals surface area contributed by atoms with Gasteiger partial charge in [0.25, 0.3) is 0 Å². The second-order valence-corrected chi connectivity index (χ2v) is 7.45. The molecule has 0 aromatic carbocycles. The first-order chi connectivity index (χ1) is 14.7. The highest BCUT2D eigenvalue weighted by atomic mass is 19.4. The van der Waals surface area contributed by atoms with Gasteiger partial charge in [-0.25, -0.2) is 9.59 Å². The van der Waals surface area contributed by atoms with E-state index in [9.17, 15) is 26.3 Å². The Kier molecular flexibility index (Phi) is 9.89. The molecule has 1 aromatic rings. The van der Waals surface area contributed by atoms with Crippen LogP contribution in [0.4, 0.5) is 26.3 Å². The quantitative estimate of drug-likeness (QED) is 0.573. The van der Waals surface area contributed by atoms with Gasteiger partial charge in [-0.2, -0.15) is 26.3 Å². The first-order valence-electron chi connectivity index (χ1n) is 9.48. The Morgan fingerprint density at radius 1 is 1.16 bits per heavy atom. The van der Waals surface area contributed by atoms with Gasteiger partial charge in [0.15, 0.2) is 0 Å². The Balaban J connectivity index is 0.000000305. The van der Waals surface area contributed by atoms with Crippen molar-refractivity contribution in [3.8, 4) is 0 Å². The van der Waals surface area contributed by atoms with E-state index >= 15 is 0 Å². The monoisotopic (exact) mass is 474 g/mol. The second kappa shape index (κ2) is 11.5. The van der Waals surface area contributed by atoms with E-state index in [0.717, 1.165) is 30.5 Å². The van der Waals surface area contributed by atoms with Crippen molar-refractivity contribution in [3.05, 3.63) is 29.6 Å². The van der Waals surface area contributed by atoms with Gasteiger partial charge in [0.1, 0.15) is 0 Å². The van der Waals surface area contributed by atoms with Crippen molar-refractivity contribution in [2.75, 3.05) is 19.7 Å². The molecular formula is C19H24F6N2O5. The first-order valence-corrected chi connectivity index (χ1v) is 9.48. The number of aryl methyl sites for hydroxylation is 1. The van der Waals surface area contributed by atoms with Crippen LogP contribution >= 0.6 is 0 Å². The fourth-order valence-corrected chi connectivity index (χ4v) is 3.54. The van der Waals surface area contributed by atoms with Gasteiger partial charge in [-0.3, -0.25) is 4.98 Å². The molecule has 1 saturated heterocycles. The molecule has 2 fully saturated rings. The smallest absolute Gasteiger partial charge is 0.475 e. The number of nitrogens with one attached hydrogen (secondary N) is 1. The molecule has 3 N–H and O–H groups in total. The molecule has 7 nitrogen and oxygen atoms in total. The zero-order valence-electron chi connectivity index (χ0n) is 17.1. The number of carboxylic acid groups (broad SMARTS) is 2. The number of carbonyl (C=O) groups is 2. The normalized spacial score (nSPS) is 22.2. The highest BCUT2D eigenvalue weighted by Crippen LogP contribution is 2.45. The molecule has 2 atom stereocenters. The third-order valence-corrected chi connectivity index (χ3v) is 5.03. The fraction of sp³-hybridized carbons (Fsp3) is 0.632. The number of aromatic nitrogens is 1. The molecular weight excluding hydrogens is 450 g/mol. The topological polar surface area (TPSA) is 109 Å². The molecule has 1 aliphatic heterocycles. The lowest BCUT2D eigenvalue weighted by Crippen LogP contribution is -2.31. The fourth-order valence-electron chi connectivity index (χ4n) is 3.54. The minimum Gasteiger partial charge on any atom is -0.475 e. The maximum absolute atomic E-state index is 10.6. The highest BCUT2D eigenvalue weighted by Gasteiger charge is 2.46. The van der Waals surface area contributed by atoms with Crippen LogP contribution in [0.1, 0.15) is 30.7 Å². The molecule has 13 heteroatoms. The lowest BCUT2D eigenvalue weighted by atomic mass is 9.82. The highest BCUT2D eigenvalue weighted by molar-refractivity contribution is 5.73. The van der Waals surface area contributed by atoms with Crippen molar-refractivity contribution in [1.82, 2.24) is 10.3 Å². The van der Waals surface area contributed by atoms with E-state index in [0.29, 0.717) is 12.0 Å². The molecule has 3 rings (SSSR count). The van der Waals surface area contributed by atoms with Crippen LogP contribution in [0.2, 0.25) is 0 Å². The Bertz CT molecular complexity index is 735. The Morgan fingerprint density at radius 2 is 1.72 bits per heavy atom. The molecule has 1 aliphatic carbocycles. The number of ether oxygens (including phenoxy) is 1. The average molecular weight is 474 g/mol. The van der Waals surface area contributed by atoms with Crippen molar-refractivity contribution in [2.24, 2.45) is 11.3 Å². The van der Waals surface area contributed by atoms with Crippen LogP contribution in [-0.2, 0) is 20.9 Å². The van der Waals surface area contributed by atoms with Gasteiger partial charge in [0.2, 0.25) is 0 Å². The number of fused-ring (bicyclic) bond motifs is 1. The Labute approximate surface area is 179 Å². The van der Waals surface area contributed by atoms with E-state index in [1.165, 1.54) is 25.8 Å². The summed E-state index contributed by atoms with van der Waals surface area (Å²) in [7, 11) is 0. The Hall–Kier alpha value is -2.41. The molecule has 0 amide bonds. The molecule has 2 heterocycles. The molecule has 0 bridgehead atoms. The van der Waals surface area contributed by atoms with Crippen LogP contribution in [0.15, 0.2) is 18.2 Å². The van der Waals surface area contributed by atoms with Crippen LogP contribution in [0.25, 0.3) is 0 Å². The summed E-state index contributed by atoms with van der Waals surface area (Å²) in [4.78, 5) is 22.3. The van der Waals surface area contributed by atoms with Gasteiger partial charge in [0, 0.05) is 17.7 Å². The molecule has 2 aliphatic rings. The van der Waals surface area contributed by atoms with Gasteiger partial charge in [-0.1, -0.05) is 12.5 Å². The predicted octanol–water partition coefficient (Wildman–Crippen LogP) is 3.56. The summed E-state index contributed by atoms with van der Waals surface area (Å²) in [5, 5.41) is 17.8. The average Bonchev–Trinajstić information content (AvgIpc) is 3.21. The molecule has 32 heavy (non-hydrogen) atoms. The predicted molar refractivity (Wildman–Crippen MR) is 98.7 cm³/mol. The summed E-state index contributed by atoms with van der Waals surface area (Å²) in [6.45, 7) is 5.89. The number of halogens is 6. The maximum Gasteiger partial charge on any atom is 0.490 e. The van der Waals surface area contributed by atoms with Crippen molar-refractivity contribution in [3.63, 3.8) is 0 Å². The number of aliphatic carboxylic acids is 2. The van der Waals surface area contributed by atoms with Crippen molar-refractivity contribution in [2.45, 2.75) is 45.1 Å². The second-order valence-electron chi connectivity index (χ2n) is 7.45. The molecule has 0 spiro atoms.